The molecule has 2 atom stereocenters. The van der Waals surface area contributed by atoms with Crippen LogP contribution in [0.25, 0.3) is 10.4 Å². The Hall–Kier alpha value is -0.770. The monoisotopic (exact) mass is 155 g/mol. The molecule has 0 aromatic heterocycles. The van der Waals surface area contributed by atoms with Crippen molar-refractivity contribution >= 4 is 0 Å². The van der Waals surface area contributed by atoms with Gasteiger partial charge in [-0.05, 0) is 12.5 Å². The summed E-state index contributed by atoms with van der Waals surface area (Å²) >= 11 is 0. The van der Waals surface area contributed by atoms with Crippen molar-refractivity contribution in [1.82, 2.24) is 10.6 Å². The lowest BCUT2D eigenvalue weighted by atomic mass is 10.2. The van der Waals surface area contributed by atoms with Crippen molar-refractivity contribution in [2.24, 2.45) is 5.11 Å². The van der Waals surface area contributed by atoms with Gasteiger partial charge in [-0.2, -0.15) is 0 Å². The molecular formula is C6H13N5. The van der Waals surface area contributed by atoms with Crippen LogP contribution >= 0.6 is 0 Å². The maximum absolute atomic E-state index is 8.07. The Kier molecular flexibility index (Phi) is 3.16. The predicted octanol–water partition coefficient (Wildman–Crippen LogP) is 0.247. The van der Waals surface area contributed by atoms with E-state index in [0.29, 0.717) is 18.6 Å². The average Bonchev–Trinajstić information content (AvgIpc) is 2.01. The molecule has 0 radical (unpaired) electrons. The molecule has 2 unspecified atom stereocenters. The lowest BCUT2D eigenvalue weighted by Gasteiger charge is -2.28. The van der Waals surface area contributed by atoms with Gasteiger partial charge in [0.2, 0.25) is 0 Å². The molecule has 2 N–H and O–H groups in total. The zero-order chi connectivity index (χ0) is 8.10. The van der Waals surface area contributed by atoms with Crippen LogP contribution in [0, 0.1) is 0 Å². The molecule has 5 nitrogen and oxygen atoms in total. The van der Waals surface area contributed by atoms with Crippen molar-refractivity contribution in [1.29, 1.82) is 0 Å². The van der Waals surface area contributed by atoms with Gasteiger partial charge < -0.3 is 10.6 Å². The summed E-state index contributed by atoms with van der Waals surface area (Å²) in [6, 6.07) is 0.775. The molecule has 1 heterocycles. The zero-order valence-electron chi connectivity index (χ0n) is 6.62. The van der Waals surface area contributed by atoms with E-state index in [-0.39, 0.29) is 0 Å². The van der Waals surface area contributed by atoms with Gasteiger partial charge in [-0.25, -0.2) is 0 Å². The molecule has 62 valence electrons. The van der Waals surface area contributed by atoms with Crippen molar-refractivity contribution in [3.63, 3.8) is 0 Å². The molecular weight excluding hydrogens is 142 g/mol. The van der Waals surface area contributed by atoms with Crippen LogP contribution in [-0.2, 0) is 0 Å². The third kappa shape index (κ3) is 2.76. The van der Waals surface area contributed by atoms with Crippen LogP contribution in [0.15, 0.2) is 5.11 Å². The van der Waals surface area contributed by atoms with E-state index in [2.05, 4.69) is 27.6 Å². The highest BCUT2D eigenvalue weighted by Gasteiger charge is 2.15. The quantitative estimate of drug-likeness (QED) is 0.341. The van der Waals surface area contributed by atoms with E-state index in [1.807, 2.05) is 0 Å². The van der Waals surface area contributed by atoms with E-state index in [1.54, 1.807) is 0 Å². The summed E-state index contributed by atoms with van der Waals surface area (Å²) in [5.41, 5.74) is 8.07. The normalized spacial score (nSPS) is 31.0. The van der Waals surface area contributed by atoms with Crippen LogP contribution in [0.1, 0.15) is 6.92 Å². The summed E-state index contributed by atoms with van der Waals surface area (Å²) in [4.78, 5) is 2.71. The van der Waals surface area contributed by atoms with Crippen molar-refractivity contribution in [3.8, 4) is 0 Å². The third-order valence-electron chi connectivity index (χ3n) is 1.73. The molecule has 1 rings (SSSR count). The molecule has 1 saturated heterocycles. The van der Waals surface area contributed by atoms with Gasteiger partial charge in [0.1, 0.15) is 0 Å². The smallest absolute Gasteiger partial charge is 0.0424 e. The number of nitrogens with one attached hydrogen (secondary N) is 2. The zero-order valence-corrected chi connectivity index (χ0v) is 6.62. The molecule has 0 aromatic carbocycles. The van der Waals surface area contributed by atoms with E-state index in [1.165, 1.54) is 0 Å². The fraction of sp³-hybridized carbons (Fsp3) is 1.00. The first-order chi connectivity index (χ1) is 5.33. The molecule has 11 heavy (non-hydrogen) atoms. The van der Waals surface area contributed by atoms with Crippen molar-refractivity contribution < 1.29 is 0 Å². The summed E-state index contributed by atoms with van der Waals surface area (Å²) in [7, 11) is 0. The Bertz CT molecular complexity index is 162. The molecule has 1 aliphatic rings. The first-order valence-electron chi connectivity index (χ1n) is 3.80. The average molecular weight is 155 g/mol. The van der Waals surface area contributed by atoms with Crippen LogP contribution in [0.2, 0.25) is 0 Å². The maximum atomic E-state index is 8.07. The third-order valence-corrected chi connectivity index (χ3v) is 1.73. The second-order valence-corrected chi connectivity index (χ2v) is 2.84. The van der Waals surface area contributed by atoms with Gasteiger partial charge in [-0.15, -0.1) is 0 Å². The molecule has 0 spiro atoms. The number of piperazine rings is 1. The Morgan fingerprint density at radius 2 is 2.45 bits per heavy atom. The van der Waals surface area contributed by atoms with Gasteiger partial charge in [0.15, 0.2) is 0 Å². The molecule has 1 fully saturated rings. The van der Waals surface area contributed by atoms with Gasteiger partial charge in [0.25, 0.3) is 0 Å². The highest BCUT2D eigenvalue weighted by atomic mass is 15.2. The van der Waals surface area contributed by atoms with Crippen LogP contribution in [0.3, 0.4) is 0 Å². The molecule has 0 bridgehead atoms. The SMILES string of the molecule is CC1CNCC(CN=[N+]=[N-])N1. The summed E-state index contributed by atoms with van der Waals surface area (Å²) in [6.07, 6.45) is 0. The van der Waals surface area contributed by atoms with E-state index in [0.717, 1.165) is 13.1 Å². The van der Waals surface area contributed by atoms with Crippen LogP contribution in [0.4, 0.5) is 0 Å². The van der Waals surface area contributed by atoms with E-state index < -0.39 is 0 Å². The lowest BCUT2D eigenvalue weighted by molar-refractivity contribution is 0.358. The Morgan fingerprint density at radius 1 is 1.64 bits per heavy atom. The summed E-state index contributed by atoms with van der Waals surface area (Å²) < 4.78 is 0. The minimum Gasteiger partial charge on any atom is -0.314 e. The van der Waals surface area contributed by atoms with Gasteiger partial charge in [-0.1, -0.05) is 5.11 Å². The minimum atomic E-state index is 0.301. The summed E-state index contributed by atoms with van der Waals surface area (Å²) in [5.74, 6) is 0. The molecule has 5 heteroatoms. The first-order valence-corrected chi connectivity index (χ1v) is 3.80. The number of hydrogen-bond acceptors (Lipinski definition) is 3. The van der Waals surface area contributed by atoms with Gasteiger partial charge >= 0.3 is 0 Å². The maximum Gasteiger partial charge on any atom is 0.0424 e. The van der Waals surface area contributed by atoms with Crippen LogP contribution in [-0.4, -0.2) is 31.7 Å². The number of azide groups is 1. The van der Waals surface area contributed by atoms with Crippen molar-refractivity contribution in [2.75, 3.05) is 19.6 Å². The standard InChI is InChI=1S/C6H13N5/c1-5-2-8-3-6(10-5)4-9-11-7/h5-6,8,10H,2-4H2,1H3. The Balaban J connectivity index is 2.27. The predicted molar refractivity (Wildman–Crippen MR) is 43.3 cm³/mol. The van der Waals surface area contributed by atoms with Crippen molar-refractivity contribution in [3.05, 3.63) is 10.4 Å². The summed E-state index contributed by atoms with van der Waals surface area (Å²) in [6.45, 7) is 4.53. The van der Waals surface area contributed by atoms with Gasteiger partial charge in [0.05, 0.1) is 0 Å². The summed E-state index contributed by atoms with van der Waals surface area (Å²) in [5, 5.41) is 10.1. The number of nitrogens with zero attached hydrogens (tertiary/aromatic N) is 3. The second kappa shape index (κ2) is 4.18. The van der Waals surface area contributed by atoms with E-state index in [9.17, 15) is 0 Å². The van der Waals surface area contributed by atoms with Gasteiger partial charge in [-0.3, -0.25) is 0 Å². The number of rotatable bonds is 2. The molecule has 0 amide bonds. The topological polar surface area (TPSA) is 72.8 Å². The van der Waals surface area contributed by atoms with E-state index >= 15 is 0 Å². The fourth-order valence-corrected chi connectivity index (χ4v) is 1.25. The molecule has 0 saturated carbocycles. The minimum absolute atomic E-state index is 0.301. The van der Waals surface area contributed by atoms with Gasteiger partial charge in [0, 0.05) is 36.6 Å². The molecule has 0 aliphatic carbocycles. The largest absolute Gasteiger partial charge is 0.314 e. The number of hydrogen-bond donors (Lipinski definition) is 2. The lowest BCUT2D eigenvalue weighted by Crippen LogP contribution is -2.54. The first kappa shape index (κ1) is 8.33. The molecule has 1 aliphatic heterocycles. The fourth-order valence-electron chi connectivity index (χ4n) is 1.25. The second-order valence-electron chi connectivity index (χ2n) is 2.84. The highest BCUT2D eigenvalue weighted by Crippen LogP contribution is 1.93. The van der Waals surface area contributed by atoms with Crippen molar-refractivity contribution in [2.45, 2.75) is 19.0 Å². The Morgan fingerprint density at radius 3 is 3.09 bits per heavy atom. The van der Waals surface area contributed by atoms with Crippen LogP contribution in [0.5, 0.6) is 0 Å². The Labute approximate surface area is 65.8 Å². The molecule has 0 aromatic rings. The van der Waals surface area contributed by atoms with E-state index in [4.69, 9.17) is 5.53 Å². The highest BCUT2D eigenvalue weighted by molar-refractivity contribution is 4.82. The van der Waals surface area contributed by atoms with Crippen LogP contribution < -0.4 is 10.6 Å².